The molecule has 1 aromatic rings. The van der Waals surface area contributed by atoms with E-state index in [-0.39, 0.29) is 30.2 Å². The third-order valence-corrected chi connectivity index (χ3v) is 4.43. The maximum Gasteiger partial charge on any atom is 0.419 e. The Bertz CT molecular complexity index is 642. The predicted octanol–water partition coefficient (Wildman–Crippen LogP) is 3.45. The van der Waals surface area contributed by atoms with E-state index in [1.807, 2.05) is 20.8 Å². The fourth-order valence-corrected chi connectivity index (χ4v) is 3.46. The lowest BCUT2D eigenvalue weighted by Gasteiger charge is -2.28. The number of alkyl halides is 3. The molecule has 6 nitrogen and oxygen atoms in total. The van der Waals surface area contributed by atoms with E-state index in [0.717, 1.165) is 25.2 Å². The van der Waals surface area contributed by atoms with Crippen LogP contribution in [0.3, 0.4) is 0 Å². The molecule has 3 rings (SSSR count). The molecule has 25 heavy (non-hydrogen) atoms. The van der Waals surface area contributed by atoms with Crippen molar-refractivity contribution in [2.45, 2.75) is 69.9 Å². The van der Waals surface area contributed by atoms with E-state index >= 15 is 0 Å². The van der Waals surface area contributed by atoms with Crippen molar-refractivity contribution < 1.29 is 22.7 Å². The van der Waals surface area contributed by atoms with Crippen molar-refractivity contribution in [1.82, 2.24) is 14.9 Å². The van der Waals surface area contributed by atoms with Crippen LogP contribution in [0, 0.1) is 0 Å². The molecule has 3 atom stereocenters. The van der Waals surface area contributed by atoms with E-state index in [2.05, 4.69) is 15.3 Å². The Balaban J connectivity index is 1.66. The Morgan fingerprint density at radius 3 is 2.44 bits per heavy atom. The highest BCUT2D eigenvalue weighted by atomic mass is 19.4. The van der Waals surface area contributed by atoms with Gasteiger partial charge in [0.1, 0.15) is 5.60 Å². The van der Waals surface area contributed by atoms with Gasteiger partial charge in [0.25, 0.3) is 0 Å². The van der Waals surface area contributed by atoms with Gasteiger partial charge in [-0.25, -0.2) is 14.8 Å². The van der Waals surface area contributed by atoms with Crippen molar-refractivity contribution in [3.05, 3.63) is 18.0 Å². The molecule has 1 amide bonds. The van der Waals surface area contributed by atoms with Gasteiger partial charge in [-0.1, -0.05) is 0 Å². The van der Waals surface area contributed by atoms with Crippen LogP contribution in [0.25, 0.3) is 0 Å². The minimum Gasteiger partial charge on any atom is -0.444 e. The van der Waals surface area contributed by atoms with Crippen LogP contribution >= 0.6 is 0 Å². The number of rotatable bonds is 2. The highest BCUT2D eigenvalue weighted by molar-refractivity contribution is 5.70. The molecular weight excluding hydrogens is 337 g/mol. The van der Waals surface area contributed by atoms with Gasteiger partial charge in [-0.05, 0) is 40.0 Å². The minimum absolute atomic E-state index is 0.0641. The second kappa shape index (κ2) is 6.03. The zero-order chi connectivity index (χ0) is 18.4. The largest absolute Gasteiger partial charge is 0.444 e. The van der Waals surface area contributed by atoms with Crippen molar-refractivity contribution in [1.29, 1.82) is 0 Å². The summed E-state index contributed by atoms with van der Waals surface area (Å²) in [5, 5.41) is 3.06. The number of anilines is 1. The van der Waals surface area contributed by atoms with Crippen molar-refractivity contribution in [3.63, 3.8) is 0 Å². The summed E-state index contributed by atoms with van der Waals surface area (Å²) < 4.78 is 43.1. The lowest BCUT2D eigenvalue weighted by Crippen LogP contribution is -2.42. The lowest BCUT2D eigenvalue weighted by atomic mass is 9.96. The third-order valence-electron chi connectivity index (χ3n) is 4.43. The maximum absolute atomic E-state index is 12.6. The zero-order valence-corrected chi connectivity index (χ0v) is 14.3. The number of carbonyl (C=O) groups excluding carboxylic acids is 1. The summed E-state index contributed by atoms with van der Waals surface area (Å²) in [7, 11) is 0. The highest BCUT2D eigenvalue weighted by Gasteiger charge is 2.50. The standard InChI is InChI=1S/C16H21F3N4O2/c1-15(2,3)25-14(24)23-10-4-5-12(23)11(6-10)22-13-20-7-9(8-21-13)16(17,18)19/h7-8,10-12H,4-6H2,1-3H3,(H,20,21,22)/t10-,11-,12+/m1/s1. The van der Waals surface area contributed by atoms with Crippen LogP contribution in [0.1, 0.15) is 45.6 Å². The number of hydrogen-bond donors (Lipinski definition) is 1. The highest BCUT2D eigenvalue weighted by Crippen LogP contribution is 2.39. The maximum atomic E-state index is 12.6. The van der Waals surface area contributed by atoms with Gasteiger partial charge in [-0.15, -0.1) is 0 Å². The van der Waals surface area contributed by atoms with Crippen LogP contribution in [0.5, 0.6) is 0 Å². The summed E-state index contributed by atoms with van der Waals surface area (Å²) in [5.74, 6) is 0.134. The Hall–Kier alpha value is -2.06. The smallest absolute Gasteiger partial charge is 0.419 e. The number of nitrogens with zero attached hydrogens (tertiary/aromatic N) is 3. The van der Waals surface area contributed by atoms with E-state index in [9.17, 15) is 18.0 Å². The molecule has 0 saturated carbocycles. The van der Waals surface area contributed by atoms with Gasteiger partial charge in [0.05, 0.1) is 17.6 Å². The van der Waals surface area contributed by atoms with Gasteiger partial charge in [-0.3, -0.25) is 0 Å². The molecule has 0 aromatic carbocycles. The Labute approximate surface area is 143 Å². The monoisotopic (exact) mass is 358 g/mol. The van der Waals surface area contributed by atoms with Crippen LogP contribution in [0.15, 0.2) is 12.4 Å². The van der Waals surface area contributed by atoms with Crippen LogP contribution in [0.2, 0.25) is 0 Å². The zero-order valence-electron chi connectivity index (χ0n) is 14.3. The molecule has 2 aliphatic heterocycles. The van der Waals surface area contributed by atoms with Gasteiger partial charge < -0.3 is 15.0 Å². The molecule has 9 heteroatoms. The van der Waals surface area contributed by atoms with Gasteiger partial charge >= 0.3 is 12.3 Å². The third kappa shape index (κ3) is 3.80. The molecule has 2 bridgehead atoms. The molecule has 1 aromatic heterocycles. The fourth-order valence-electron chi connectivity index (χ4n) is 3.46. The van der Waals surface area contributed by atoms with E-state index < -0.39 is 17.3 Å². The quantitative estimate of drug-likeness (QED) is 0.877. The number of amides is 1. The van der Waals surface area contributed by atoms with Crippen LogP contribution in [-0.4, -0.2) is 44.7 Å². The Morgan fingerprint density at radius 2 is 1.88 bits per heavy atom. The number of hydrogen-bond acceptors (Lipinski definition) is 5. The van der Waals surface area contributed by atoms with Crippen LogP contribution in [-0.2, 0) is 10.9 Å². The molecule has 3 heterocycles. The summed E-state index contributed by atoms with van der Waals surface area (Å²) >= 11 is 0. The number of fused-ring (bicyclic) bond motifs is 2. The van der Waals surface area contributed by atoms with Crippen molar-refractivity contribution in [3.8, 4) is 0 Å². The van der Waals surface area contributed by atoms with Crippen molar-refractivity contribution >= 4 is 12.0 Å². The number of nitrogens with one attached hydrogen (secondary N) is 1. The SMILES string of the molecule is CC(C)(C)OC(=O)N1[C@@H]2CC[C@H]1[C@H](Nc1ncc(C(F)(F)F)cn1)C2. The van der Waals surface area contributed by atoms with Gasteiger partial charge in [0, 0.05) is 18.4 Å². The number of ether oxygens (including phenoxy) is 1. The molecule has 138 valence electrons. The Morgan fingerprint density at radius 1 is 1.24 bits per heavy atom. The number of aromatic nitrogens is 2. The average molecular weight is 358 g/mol. The van der Waals surface area contributed by atoms with E-state index in [4.69, 9.17) is 4.74 Å². The van der Waals surface area contributed by atoms with Crippen LogP contribution < -0.4 is 5.32 Å². The second-order valence-corrected chi connectivity index (χ2v) is 7.47. The summed E-state index contributed by atoms with van der Waals surface area (Å²) in [6.07, 6.45) is -0.870. The topological polar surface area (TPSA) is 67.3 Å². The predicted molar refractivity (Wildman–Crippen MR) is 83.9 cm³/mol. The first-order chi connectivity index (χ1) is 11.5. The molecule has 1 N–H and O–H groups in total. The van der Waals surface area contributed by atoms with Gasteiger partial charge in [0.15, 0.2) is 0 Å². The minimum atomic E-state index is -4.46. The molecule has 0 radical (unpaired) electrons. The lowest BCUT2D eigenvalue weighted by molar-refractivity contribution is -0.138. The van der Waals surface area contributed by atoms with E-state index in [1.54, 1.807) is 4.90 Å². The molecule has 0 aliphatic carbocycles. The summed E-state index contributed by atoms with van der Waals surface area (Å²) in [4.78, 5) is 21.6. The first-order valence-electron chi connectivity index (χ1n) is 8.22. The van der Waals surface area contributed by atoms with E-state index in [1.165, 1.54) is 0 Å². The summed E-state index contributed by atoms with van der Waals surface area (Å²) in [5.41, 5.74) is -1.46. The van der Waals surface area contributed by atoms with Gasteiger partial charge in [0.2, 0.25) is 5.95 Å². The first-order valence-corrected chi connectivity index (χ1v) is 8.22. The van der Waals surface area contributed by atoms with Gasteiger partial charge in [-0.2, -0.15) is 13.2 Å². The van der Waals surface area contributed by atoms with Crippen molar-refractivity contribution in [2.75, 3.05) is 5.32 Å². The normalized spacial score (nSPS) is 26.0. The average Bonchev–Trinajstić information content (AvgIpc) is 3.02. The number of carbonyl (C=O) groups is 1. The summed E-state index contributed by atoms with van der Waals surface area (Å²) in [6.45, 7) is 5.44. The van der Waals surface area contributed by atoms with E-state index in [0.29, 0.717) is 6.42 Å². The molecule has 2 fully saturated rings. The van der Waals surface area contributed by atoms with Crippen molar-refractivity contribution in [2.24, 2.45) is 0 Å². The number of halogens is 3. The first kappa shape index (κ1) is 17.8. The molecule has 0 spiro atoms. The molecule has 0 unspecified atom stereocenters. The second-order valence-electron chi connectivity index (χ2n) is 7.47. The molecular formula is C16H21F3N4O2. The summed E-state index contributed by atoms with van der Waals surface area (Å²) in [6, 6.07) is -0.0828. The molecule has 2 aliphatic rings. The Kier molecular flexibility index (Phi) is 4.28. The molecule has 2 saturated heterocycles. The van der Waals surface area contributed by atoms with Crippen LogP contribution in [0.4, 0.5) is 23.9 Å². The fraction of sp³-hybridized carbons (Fsp3) is 0.688.